The number of rotatable bonds is 6. The molecule has 0 unspecified atom stereocenters. The van der Waals surface area contributed by atoms with Crippen molar-refractivity contribution < 1.29 is 9.90 Å². The summed E-state index contributed by atoms with van der Waals surface area (Å²) in [6, 6.07) is 26.5. The first-order valence-electron chi connectivity index (χ1n) is 9.24. The van der Waals surface area contributed by atoms with Gasteiger partial charge in [-0.05, 0) is 36.2 Å². The van der Waals surface area contributed by atoms with Gasteiger partial charge in [0.2, 0.25) is 0 Å². The highest BCUT2D eigenvalue weighted by Crippen LogP contribution is 2.29. The average molecular weight is 368 g/mol. The van der Waals surface area contributed by atoms with Crippen LogP contribution in [-0.4, -0.2) is 20.6 Å². The second-order valence-electron chi connectivity index (χ2n) is 6.56. The van der Waals surface area contributed by atoms with Crippen LogP contribution in [0, 0.1) is 0 Å². The van der Waals surface area contributed by atoms with Crippen molar-refractivity contribution >= 4 is 23.1 Å². The molecule has 1 N–H and O–H groups in total. The lowest BCUT2D eigenvalue weighted by Gasteiger charge is -2.09. The number of hydrogen-bond acceptors (Lipinski definition) is 2. The molecule has 0 bridgehead atoms. The maximum absolute atomic E-state index is 10.7. The van der Waals surface area contributed by atoms with Crippen LogP contribution in [0.1, 0.15) is 18.4 Å². The van der Waals surface area contributed by atoms with Gasteiger partial charge in [-0.25, -0.2) is 4.98 Å². The minimum absolute atomic E-state index is 0.138. The van der Waals surface area contributed by atoms with Crippen molar-refractivity contribution in [2.75, 3.05) is 0 Å². The Bertz CT molecular complexity index is 1130. The van der Waals surface area contributed by atoms with Gasteiger partial charge in [0, 0.05) is 17.7 Å². The molecule has 0 fully saturated rings. The number of allylic oxidation sites excluding steroid dienone is 1. The molecule has 1 aromatic heterocycles. The lowest BCUT2D eigenvalue weighted by Crippen LogP contribution is -1.97. The maximum Gasteiger partial charge on any atom is 0.303 e. The quantitative estimate of drug-likeness (QED) is 0.484. The van der Waals surface area contributed by atoms with Gasteiger partial charge >= 0.3 is 5.97 Å². The van der Waals surface area contributed by atoms with E-state index in [-0.39, 0.29) is 6.42 Å². The van der Waals surface area contributed by atoms with E-state index in [1.54, 1.807) is 0 Å². The van der Waals surface area contributed by atoms with Crippen molar-refractivity contribution in [2.24, 2.45) is 0 Å². The Morgan fingerprint density at radius 3 is 2.39 bits per heavy atom. The molecule has 0 saturated heterocycles. The van der Waals surface area contributed by atoms with Gasteiger partial charge in [-0.1, -0.05) is 66.7 Å². The van der Waals surface area contributed by atoms with E-state index in [1.165, 1.54) is 0 Å². The molecule has 4 heteroatoms. The van der Waals surface area contributed by atoms with E-state index >= 15 is 0 Å². The Balaban J connectivity index is 1.83. The van der Waals surface area contributed by atoms with Crippen LogP contribution in [0.3, 0.4) is 0 Å². The molecule has 0 amide bonds. The summed E-state index contributed by atoms with van der Waals surface area (Å²) >= 11 is 0. The number of hydrogen-bond donors (Lipinski definition) is 1. The number of para-hydroxylation sites is 1. The predicted octanol–water partition coefficient (Wildman–Crippen LogP) is 5.57. The summed E-state index contributed by atoms with van der Waals surface area (Å²) in [6.07, 6.45) is 4.52. The summed E-state index contributed by atoms with van der Waals surface area (Å²) in [5.74, 6) is 0.114. The van der Waals surface area contributed by atoms with E-state index in [1.807, 2.05) is 60.7 Å². The van der Waals surface area contributed by atoms with Crippen LogP contribution >= 0.6 is 0 Å². The minimum Gasteiger partial charge on any atom is -0.481 e. The zero-order valence-corrected chi connectivity index (χ0v) is 15.3. The molecule has 0 radical (unpaired) electrons. The summed E-state index contributed by atoms with van der Waals surface area (Å²) < 4.78 is 2.17. The zero-order chi connectivity index (χ0) is 19.3. The molecule has 0 aliphatic heterocycles. The molecule has 0 saturated carbocycles. The first-order valence-corrected chi connectivity index (χ1v) is 9.24. The van der Waals surface area contributed by atoms with Crippen molar-refractivity contribution in [3.05, 3.63) is 90.5 Å². The smallest absolute Gasteiger partial charge is 0.303 e. The van der Waals surface area contributed by atoms with E-state index in [0.29, 0.717) is 6.42 Å². The molecule has 4 nitrogen and oxygen atoms in total. The number of aliphatic carboxylic acids is 1. The monoisotopic (exact) mass is 368 g/mol. The maximum atomic E-state index is 10.7. The highest BCUT2D eigenvalue weighted by atomic mass is 16.4. The third-order valence-corrected chi connectivity index (χ3v) is 4.56. The van der Waals surface area contributed by atoms with Crippen molar-refractivity contribution in [1.82, 2.24) is 9.55 Å². The molecule has 0 aliphatic carbocycles. The number of aromatic nitrogens is 2. The minimum atomic E-state index is -0.783. The largest absolute Gasteiger partial charge is 0.481 e. The Labute approximate surface area is 163 Å². The fraction of sp³-hybridized carbons (Fsp3) is 0.0833. The highest BCUT2D eigenvalue weighted by molar-refractivity contribution is 5.85. The number of carbonyl (C=O) groups is 1. The van der Waals surface area contributed by atoms with Crippen molar-refractivity contribution in [3.8, 4) is 17.1 Å². The van der Waals surface area contributed by atoms with Crippen LogP contribution in [0.15, 0.2) is 84.9 Å². The number of carboxylic acids is 1. The van der Waals surface area contributed by atoms with E-state index in [2.05, 4.69) is 34.9 Å². The van der Waals surface area contributed by atoms with E-state index < -0.39 is 5.97 Å². The van der Waals surface area contributed by atoms with Crippen LogP contribution in [-0.2, 0) is 4.79 Å². The van der Waals surface area contributed by atoms with Gasteiger partial charge < -0.3 is 5.11 Å². The van der Waals surface area contributed by atoms with E-state index in [9.17, 15) is 4.79 Å². The summed E-state index contributed by atoms with van der Waals surface area (Å²) in [7, 11) is 0. The van der Waals surface area contributed by atoms with Crippen molar-refractivity contribution in [1.29, 1.82) is 0 Å². The van der Waals surface area contributed by atoms with Crippen LogP contribution in [0.25, 0.3) is 34.2 Å². The molecular formula is C24H20N2O2. The number of benzene rings is 3. The predicted molar refractivity (Wildman–Crippen MR) is 112 cm³/mol. The molecular weight excluding hydrogens is 348 g/mol. The standard InChI is InChI=1S/C24H20N2O2/c27-23(28)14-8-7-9-18-15-16-21-22(17-18)26(20-12-5-2-6-13-20)24(25-21)19-10-3-1-4-11-19/h1-7,9-13,15-17H,8,14H2,(H,27,28). The fourth-order valence-electron chi connectivity index (χ4n) is 3.24. The number of fused-ring (bicyclic) bond motifs is 1. The van der Waals surface area contributed by atoms with Crippen LogP contribution in [0.5, 0.6) is 0 Å². The number of nitrogens with zero attached hydrogens (tertiary/aromatic N) is 2. The van der Waals surface area contributed by atoms with E-state index in [4.69, 9.17) is 10.1 Å². The Hall–Kier alpha value is -3.66. The molecule has 0 atom stereocenters. The molecule has 1 heterocycles. The molecule has 0 spiro atoms. The molecule has 138 valence electrons. The Morgan fingerprint density at radius 2 is 1.68 bits per heavy atom. The number of imidazole rings is 1. The van der Waals surface area contributed by atoms with Gasteiger partial charge in [-0.2, -0.15) is 0 Å². The molecule has 4 aromatic rings. The second-order valence-corrected chi connectivity index (χ2v) is 6.56. The van der Waals surface area contributed by atoms with Gasteiger partial charge in [0.25, 0.3) is 0 Å². The lowest BCUT2D eigenvalue weighted by molar-refractivity contribution is -0.136. The summed E-state index contributed by atoms with van der Waals surface area (Å²) in [5.41, 5.74) is 5.07. The third kappa shape index (κ3) is 3.71. The summed E-state index contributed by atoms with van der Waals surface area (Å²) in [4.78, 5) is 15.6. The van der Waals surface area contributed by atoms with Crippen molar-refractivity contribution in [3.63, 3.8) is 0 Å². The topological polar surface area (TPSA) is 55.1 Å². The molecule has 0 aliphatic rings. The SMILES string of the molecule is O=C(O)CCC=Cc1ccc2nc(-c3ccccc3)n(-c3ccccc3)c2c1. The van der Waals surface area contributed by atoms with Gasteiger partial charge in [-0.15, -0.1) is 0 Å². The molecule has 28 heavy (non-hydrogen) atoms. The zero-order valence-electron chi connectivity index (χ0n) is 15.3. The lowest BCUT2D eigenvalue weighted by atomic mass is 10.1. The first kappa shape index (κ1) is 17.7. The average Bonchev–Trinajstić information content (AvgIpc) is 3.11. The van der Waals surface area contributed by atoms with Gasteiger partial charge in [0.1, 0.15) is 5.82 Å². The number of carboxylic acid groups (broad SMARTS) is 1. The third-order valence-electron chi connectivity index (χ3n) is 4.56. The van der Waals surface area contributed by atoms with Crippen LogP contribution in [0.2, 0.25) is 0 Å². The van der Waals surface area contributed by atoms with Crippen molar-refractivity contribution in [2.45, 2.75) is 12.8 Å². The van der Waals surface area contributed by atoms with Crippen LogP contribution < -0.4 is 0 Å². The summed E-state index contributed by atoms with van der Waals surface area (Å²) in [5, 5.41) is 8.78. The molecule has 4 rings (SSSR count). The molecule has 3 aromatic carbocycles. The highest BCUT2D eigenvalue weighted by Gasteiger charge is 2.14. The Kier molecular flexibility index (Phi) is 5.02. The van der Waals surface area contributed by atoms with E-state index in [0.717, 1.165) is 33.7 Å². The first-order chi connectivity index (χ1) is 13.7. The second kappa shape index (κ2) is 7.92. The fourth-order valence-corrected chi connectivity index (χ4v) is 3.24. The van der Waals surface area contributed by atoms with Gasteiger partial charge in [0.05, 0.1) is 11.0 Å². The van der Waals surface area contributed by atoms with Gasteiger partial charge in [-0.3, -0.25) is 9.36 Å². The normalized spacial score (nSPS) is 11.3. The summed E-state index contributed by atoms with van der Waals surface area (Å²) in [6.45, 7) is 0. The van der Waals surface area contributed by atoms with Gasteiger partial charge in [0.15, 0.2) is 0 Å². The van der Waals surface area contributed by atoms with Crippen LogP contribution in [0.4, 0.5) is 0 Å². The Morgan fingerprint density at radius 1 is 0.964 bits per heavy atom.